The van der Waals surface area contributed by atoms with Crippen LogP contribution >= 0.6 is 11.6 Å². The second-order valence-electron chi connectivity index (χ2n) is 4.31. The van der Waals surface area contributed by atoms with Crippen LogP contribution in [-0.4, -0.2) is 28.0 Å². The van der Waals surface area contributed by atoms with Crippen LogP contribution in [0.1, 0.15) is 10.5 Å². The average Bonchev–Trinajstić information content (AvgIpc) is 2.54. The Morgan fingerprint density at radius 3 is 2.81 bits per heavy atom. The molecule has 0 radical (unpaired) electrons. The van der Waals surface area contributed by atoms with Crippen LogP contribution in [-0.2, 0) is 4.74 Å². The fraction of sp³-hybridized carbons (Fsp3) is 0.0667. The third-order valence-corrected chi connectivity index (χ3v) is 3.33. The maximum atomic E-state index is 11.4. The second-order valence-corrected chi connectivity index (χ2v) is 4.71. The molecule has 0 aliphatic carbocycles. The first-order chi connectivity index (χ1) is 10.2. The van der Waals surface area contributed by atoms with Crippen LogP contribution in [0.2, 0.25) is 5.02 Å². The molecule has 6 heteroatoms. The van der Waals surface area contributed by atoms with Crippen LogP contribution in [0.5, 0.6) is 0 Å². The summed E-state index contributed by atoms with van der Waals surface area (Å²) in [6, 6.07) is 6.89. The minimum Gasteiger partial charge on any atom is -0.464 e. The molecule has 3 rings (SSSR count). The van der Waals surface area contributed by atoms with Crippen LogP contribution in [0.4, 0.5) is 0 Å². The molecule has 0 atom stereocenters. The molecule has 0 aromatic carbocycles. The zero-order chi connectivity index (χ0) is 14.8. The molecule has 0 saturated heterocycles. The van der Waals surface area contributed by atoms with Gasteiger partial charge in [0.25, 0.3) is 0 Å². The van der Waals surface area contributed by atoms with Gasteiger partial charge in [-0.1, -0.05) is 11.6 Å². The van der Waals surface area contributed by atoms with Gasteiger partial charge in [0.2, 0.25) is 0 Å². The molecule has 3 aromatic rings. The van der Waals surface area contributed by atoms with E-state index in [2.05, 4.69) is 19.7 Å². The van der Waals surface area contributed by atoms with E-state index in [4.69, 9.17) is 11.6 Å². The number of ether oxygens (including phenoxy) is 1. The van der Waals surface area contributed by atoms with Crippen molar-refractivity contribution in [3.05, 3.63) is 53.6 Å². The quantitative estimate of drug-likeness (QED) is 0.680. The Bertz CT molecular complexity index is 819. The van der Waals surface area contributed by atoms with Crippen molar-refractivity contribution in [2.75, 3.05) is 7.11 Å². The Hall–Kier alpha value is -2.53. The number of pyridine rings is 3. The molecule has 0 unspecified atom stereocenters. The lowest BCUT2D eigenvalue weighted by Gasteiger charge is -2.05. The van der Waals surface area contributed by atoms with E-state index in [0.29, 0.717) is 10.7 Å². The van der Waals surface area contributed by atoms with E-state index in [1.165, 1.54) is 7.11 Å². The number of aromatic nitrogens is 3. The van der Waals surface area contributed by atoms with Gasteiger partial charge in [-0.15, -0.1) is 0 Å². The third kappa shape index (κ3) is 2.55. The van der Waals surface area contributed by atoms with Crippen molar-refractivity contribution >= 4 is 28.5 Å². The predicted molar refractivity (Wildman–Crippen MR) is 79.1 cm³/mol. The van der Waals surface area contributed by atoms with Gasteiger partial charge in [0.05, 0.1) is 23.3 Å². The number of rotatable bonds is 2. The molecule has 3 heterocycles. The van der Waals surface area contributed by atoms with Gasteiger partial charge >= 0.3 is 5.97 Å². The normalized spacial score (nSPS) is 10.6. The van der Waals surface area contributed by atoms with Gasteiger partial charge in [-0.05, 0) is 24.3 Å². The van der Waals surface area contributed by atoms with E-state index in [1.807, 2.05) is 0 Å². The van der Waals surface area contributed by atoms with Gasteiger partial charge in [0.1, 0.15) is 5.69 Å². The lowest BCUT2D eigenvalue weighted by molar-refractivity contribution is 0.0594. The molecule has 0 amide bonds. The molecular formula is C15H10ClN3O2. The molecule has 0 aliphatic rings. The zero-order valence-electron chi connectivity index (χ0n) is 11.1. The van der Waals surface area contributed by atoms with Crippen LogP contribution in [0.15, 0.2) is 42.9 Å². The lowest BCUT2D eigenvalue weighted by Crippen LogP contribution is -2.03. The molecular weight excluding hydrogens is 290 g/mol. The van der Waals surface area contributed by atoms with Gasteiger partial charge < -0.3 is 4.74 Å². The highest BCUT2D eigenvalue weighted by molar-refractivity contribution is 6.35. The van der Waals surface area contributed by atoms with Crippen molar-refractivity contribution in [2.24, 2.45) is 0 Å². The van der Waals surface area contributed by atoms with Crippen molar-refractivity contribution in [3.63, 3.8) is 0 Å². The standard InChI is InChI=1S/C15H10ClN3O2/c1-21-15(20)13-3-2-9(7-18-13)14-6-11(16)10-8-17-5-4-12(10)19-14/h2-8H,1H3. The van der Waals surface area contributed by atoms with Crippen LogP contribution in [0, 0.1) is 0 Å². The SMILES string of the molecule is COC(=O)c1ccc(-c2cc(Cl)c3cnccc3n2)cn1. The van der Waals surface area contributed by atoms with Gasteiger partial charge in [0.15, 0.2) is 0 Å². The molecule has 0 bridgehead atoms. The van der Waals surface area contributed by atoms with E-state index in [-0.39, 0.29) is 5.69 Å². The Balaban J connectivity index is 2.06. The topological polar surface area (TPSA) is 65.0 Å². The summed E-state index contributed by atoms with van der Waals surface area (Å²) in [5.74, 6) is -0.475. The van der Waals surface area contributed by atoms with Crippen molar-refractivity contribution < 1.29 is 9.53 Å². The summed E-state index contributed by atoms with van der Waals surface area (Å²) < 4.78 is 4.61. The summed E-state index contributed by atoms with van der Waals surface area (Å²) in [6.07, 6.45) is 4.90. The van der Waals surface area contributed by atoms with Gasteiger partial charge in [-0.3, -0.25) is 4.98 Å². The summed E-state index contributed by atoms with van der Waals surface area (Å²) >= 11 is 6.24. The van der Waals surface area contributed by atoms with Gasteiger partial charge in [-0.2, -0.15) is 0 Å². The third-order valence-electron chi connectivity index (χ3n) is 3.01. The predicted octanol–water partition coefficient (Wildman–Crippen LogP) is 3.13. The second kappa shape index (κ2) is 5.46. The Kier molecular flexibility index (Phi) is 3.50. The number of hydrogen-bond donors (Lipinski definition) is 0. The molecule has 21 heavy (non-hydrogen) atoms. The number of fused-ring (bicyclic) bond motifs is 1. The maximum Gasteiger partial charge on any atom is 0.356 e. The lowest BCUT2D eigenvalue weighted by atomic mass is 10.1. The van der Waals surface area contributed by atoms with Crippen LogP contribution in [0.25, 0.3) is 22.2 Å². The van der Waals surface area contributed by atoms with Crippen LogP contribution < -0.4 is 0 Å². The molecule has 0 aliphatic heterocycles. The van der Waals surface area contributed by atoms with Crippen molar-refractivity contribution in [2.45, 2.75) is 0 Å². The summed E-state index contributed by atoms with van der Waals surface area (Å²) in [5, 5.41) is 1.36. The summed E-state index contributed by atoms with van der Waals surface area (Å²) in [7, 11) is 1.32. The number of carbonyl (C=O) groups is 1. The van der Waals surface area contributed by atoms with Crippen molar-refractivity contribution in [1.82, 2.24) is 15.0 Å². The molecule has 5 nitrogen and oxygen atoms in total. The first-order valence-corrected chi connectivity index (χ1v) is 6.52. The van der Waals surface area contributed by atoms with E-state index < -0.39 is 5.97 Å². The summed E-state index contributed by atoms with van der Waals surface area (Å²) in [5.41, 5.74) is 2.45. The fourth-order valence-electron chi connectivity index (χ4n) is 1.95. The number of carbonyl (C=O) groups excluding carboxylic acids is 1. The first kappa shape index (κ1) is 13.5. The fourth-order valence-corrected chi connectivity index (χ4v) is 2.20. The molecule has 0 fully saturated rings. The number of halogens is 1. The molecule has 0 spiro atoms. The molecule has 3 aromatic heterocycles. The highest BCUT2D eigenvalue weighted by atomic mass is 35.5. The Morgan fingerprint density at radius 1 is 1.24 bits per heavy atom. The smallest absolute Gasteiger partial charge is 0.356 e. The summed E-state index contributed by atoms with van der Waals surface area (Å²) in [6.45, 7) is 0. The van der Waals surface area contributed by atoms with Crippen LogP contribution in [0.3, 0.4) is 0 Å². The Labute approximate surface area is 125 Å². The number of esters is 1. The highest BCUT2D eigenvalue weighted by Crippen LogP contribution is 2.27. The number of hydrogen-bond acceptors (Lipinski definition) is 5. The van der Waals surface area contributed by atoms with E-state index in [0.717, 1.165) is 16.5 Å². The minimum absolute atomic E-state index is 0.248. The number of nitrogens with zero attached hydrogens (tertiary/aromatic N) is 3. The monoisotopic (exact) mass is 299 g/mol. The Morgan fingerprint density at radius 2 is 2.10 bits per heavy atom. The molecule has 104 valence electrons. The van der Waals surface area contributed by atoms with E-state index >= 15 is 0 Å². The van der Waals surface area contributed by atoms with E-state index in [1.54, 1.807) is 42.9 Å². The largest absolute Gasteiger partial charge is 0.464 e. The van der Waals surface area contributed by atoms with E-state index in [9.17, 15) is 4.79 Å². The highest BCUT2D eigenvalue weighted by Gasteiger charge is 2.09. The van der Waals surface area contributed by atoms with Crippen molar-refractivity contribution in [1.29, 1.82) is 0 Å². The first-order valence-electron chi connectivity index (χ1n) is 6.14. The molecule has 0 N–H and O–H groups in total. The van der Waals surface area contributed by atoms with Crippen molar-refractivity contribution in [3.8, 4) is 11.3 Å². The molecule has 0 saturated carbocycles. The maximum absolute atomic E-state index is 11.4. The average molecular weight is 300 g/mol. The van der Waals surface area contributed by atoms with Gasteiger partial charge in [0, 0.05) is 29.5 Å². The van der Waals surface area contributed by atoms with Gasteiger partial charge in [-0.25, -0.2) is 14.8 Å². The summed E-state index contributed by atoms with van der Waals surface area (Å²) in [4.78, 5) is 24.0. The number of methoxy groups -OCH3 is 1. The zero-order valence-corrected chi connectivity index (χ0v) is 11.8. The minimum atomic E-state index is -0.475.